The monoisotopic (exact) mass is 542 g/mol. The van der Waals surface area contributed by atoms with Crippen LogP contribution in [0.2, 0.25) is 0 Å². The highest BCUT2D eigenvalue weighted by Gasteiger charge is 2.34. The Balaban J connectivity index is 1.25. The minimum absolute atomic E-state index is 0.0422. The average molecular weight is 543 g/mol. The number of amides is 3. The first kappa shape index (κ1) is 25.4. The topological polar surface area (TPSA) is 91.6 Å². The van der Waals surface area contributed by atoms with Crippen molar-refractivity contribution in [1.82, 2.24) is 19.9 Å². The molecule has 0 N–H and O–H groups in total. The van der Waals surface area contributed by atoms with Crippen LogP contribution in [-0.4, -0.2) is 51.1 Å². The fourth-order valence-electron chi connectivity index (χ4n) is 4.91. The number of benzene rings is 2. The number of rotatable bonds is 6. The zero-order valence-corrected chi connectivity index (χ0v) is 21.0. The Hall–Kier alpha value is -4.93. The number of imide groups is 1. The summed E-state index contributed by atoms with van der Waals surface area (Å²) in [5.74, 6) is -2.73. The maximum atomic E-state index is 15.7. The van der Waals surface area contributed by atoms with Crippen LogP contribution < -0.4 is 4.90 Å². The lowest BCUT2D eigenvalue weighted by Crippen LogP contribution is -2.37. The van der Waals surface area contributed by atoms with Gasteiger partial charge >= 0.3 is 6.03 Å². The molecule has 0 unspecified atom stereocenters. The summed E-state index contributed by atoms with van der Waals surface area (Å²) >= 11 is 0. The van der Waals surface area contributed by atoms with Crippen molar-refractivity contribution in [1.29, 1.82) is 0 Å². The Kier molecular flexibility index (Phi) is 6.54. The number of hydrogen-bond acceptors (Lipinski definition) is 6. The quantitative estimate of drug-likeness (QED) is 0.349. The number of aliphatic imine (C=N–C) groups is 1. The first-order valence-corrected chi connectivity index (χ1v) is 12.5. The van der Waals surface area contributed by atoms with Gasteiger partial charge in [0.2, 0.25) is 5.91 Å². The maximum absolute atomic E-state index is 15.7. The number of hydrogen-bond donors (Lipinski definition) is 0. The number of aromatic nitrogens is 3. The summed E-state index contributed by atoms with van der Waals surface area (Å²) in [6.07, 6.45) is 4.61. The van der Waals surface area contributed by atoms with Crippen molar-refractivity contribution in [3.63, 3.8) is 0 Å². The predicted molar refractivity (Wildman–Crippen MR) is 141 cm³/mol. The van der Waals surface area contributed by atoms with Gasteiger partial charge in [-0.15, -0.1) is 0 Å². The summed E-state index contributed by atoms with van der Waals surface area (Å²) < 4.78 is 43.9. The van der Waals surface area contributed by atoms with E-state index < -0.39 is 35.8 Å². The molecule has 6 rings (SSSR count). The molecule has 2 aliphatic heterocycles. The van der Waals surface area contributed by atoms with E-state index in [1.54, 1.807) is 18.3 Å². The van der Waals surface area contributed by atoms with Crippen LogP contribution in [0.25, 0.3) is 11.3 Å². The molecular formula is C29H21F3N6O2. The number of anilines is 1. The number of fused-ring (bicyclic) bond motifs is 1. The Morgan fingerprint density at radius 1 is 0.950 bits per heavy atom. The Morgan fingerprint density at radius 2 is 1.77 bits per heavy atom. The van der Waals surface area contributed by atoms with Crippen LogP contribution >= 0.6 is 0 Å². The molecular weight excluding hydrogens is 521 g/mol. The third-order valence-electron chi connectivity index (χ3n) is 6.95. The second-order valence-electron chi connectivity index (χ2n) is 9.34. The van der Waals surface area contributed by atoms with Gasteiger partial charge in [0, 0.05) is 55.2 Å². The third-order valence-corrected chi connectivity index (χ3v) is 6.95. The zero-order valence-electron chi connectivity index (χ0n) is 21.0. The van der Waals surface area contributed by atoms with Crippen LogP contribution in [0.3, 0.4) is 0 Å². The van der Waals surface area contributed by atoms with Gasteiger partial charge < -0.3 is 0 Å². The summed E-state index contributed by atoms with van der Waals surface area (Å²) in [6, 6.07) is 10.5. The Labute approximate surface area is 226 Å². The number of carbonyl (C=O) groups excluding carboxylic acids is 2. The van der Waals surface area contributed by atoms with E-state index >= 15 is 4.39 Å². The molecule has 2 aromatic carbocycles. The molecule has 0 saturated carbocycles. The second kappa shape index (κ2) is 10.3. The summed E-state index contributed by atoms with van der Waals surface area (Å²) in [6.45, 7) is 0.306. The summed E-state index contributed by atoms with van der Waals surface area (Å²) in [5.41, 5.74) is 2.99. The van der Waals surface area contributed by atoms with E-state index in [2.05, 4.69) is 19.9 Å². The van der Waals surface area contributed by atoms with Gasteiger partial charge in [-0.25, -0.2) is 27.9 Å². The molecule has 4 aromatic rings. The molecule has 0 bridgehead atoms. The lowest BCUT2D eigenvalue weighted by Gasteiger charge is -2.18. The number of pyridine rings is 1. The van der Waals surface area contributed by atoms with E-state index in [4.69, 9.17) is 0 Å². The molecule has 40 heavy (non-hydrogen) atoms. The largest absolute Gasteiger partial charge is 0.331 e. The fourth-order valence-corrected chi connectivity index (χ4v) is 4.91. The molecule has 0 atom stereocenters. The Bertz CT molecular complexity index is 1680. The number of halogens is 3. The van der Waals surface area contributed by atoms with Crippen LogP contribution in [0.15, 0.2) is 66.0 Å². The molecule has 1 fully saturated rings. The average Bonchev–Trinajstić information content (AvgIpc) is 3.60. The molecule has 3 amide bonds. The maximum Gasteiger partial charge on any atom is 0.331 e. The fraction of sp³-hybridized carbons (Fsp3) is 0.172. The molecule has 4 heterocycles. The number of urea groups is 1. The zero-order chi connectivity index (χ0) is 27.8. The smallest absolute Gasteiger partial charge is 0.292 e. The highest BCUT2D eigenvalue weighted by Crippen LogP contribution is 2.35. The lowest BCUT2D eigenvalue weighted by molar-refractivity contribution is -0.126. The molecule has 1 saturated heterocycles. The summed E-state index contributed by atoms with van der Waals surface area (Å²) in [7, 11) is 0. The molecule has 200 valence electrons. The second-order valence-corrected chi connectivity index (χ2v) is 9.34. The number of nitrogens with zero attached hydrogens (tertiary/aromatic N) is 6. The SMILES string of the molecule is O=C(Cc1ccc(F)c(Cc2ncccc2-c2ncnc3c2N=CC3)c1F)N1CCN(c2ccc(F)cc2)C1=O. The van der Waals surface area contributed by atoms with E-state index in [9.17, 15) is 18.4 Å². The van der Waals surface area contributed by atoms with E-state index in [1.165, 1.54) is 47.8 Å². The van der Waals surface area contributed by atoms with E-state index in [-0.39, 0.29) is 30.6 Å². The van der Waals surface area contributed by atoms with Gasteiger partial charge in [0.05, 0.1) is 17.8 Å². The minimum atomic E-state index is -0.877. The van der Waals surface area contributed by atoms with E-state index in [1.807, 2.05) is 0 Å². The molecule has 0 spiro atoms. The van der Waals surface area contributed by atoms with Gasteiger partial charge in [0.15, 0.2) is 0 Å². The van der Waals surface area contributed by atoms with E-state index in [0.717, 1.165) is 16.7 Å². The first-order chi connectivity index (χ1) is 19.4. The molecule has 11 heteroatoms. The standard InChI is InChI=1S/C29H21F3N6O2/c30-18-4-6-19(7-5-18)37-12-13-38(29(37)40)25(39)14-17-3-8-22(31)21(26(17)32)15-24-20(2-1-10-33-24)27-28-23(9-11-34-28)35-16-36-27/h1-8,10-11,16H,9,12-15H2. The molecule has 0 aliphatic carbocycles. The third kappa shape index (κ3) is 4.59. The summed E-state index contributed by atoms with van der Waals surface area (Å²) in [5, 5.41) is 0. The molecule has 2 aliphatic rings. The lowest BCUT2D eigenvalue weighted by atomic mass is 9.98. The van der Waals surface area contributed by atoms with Crippen LogP contribution in [0.1, 0.15) is 22.5 Å². The van der Waals surface area contributed by atoms with Gasteiger partial charge in [-0.3, -0.25) is 24.6 Å². The van der Waals surface area contributed by atoms with Crippen molar-refractivity contribution in [3.05, 3.63) is 101 Å². The van der Waals surface area contributed by atoms with Gasteiger partial charge in [0.1, 0.15) is 35.2 Å². The number of carbonyl (C=O) groups is 2. The highest BCUT2D eigenvalue weighted by atomic mass is 19.1. The minimum Gasteiger partial charge on any atom is -0.292 e. The van der Waals surface area contributed by atoms with Gasteiger partial charge in [0.25, 0.3) is 0 Å². The predicted octanol–water partition coefficient (Wildman–Crippen LogP) is 4.82. The van der Waals surface area contributed by atoms with Crippen molar-refractivity contribution >= 4 is 29.5 Å². The van der Waals surface area contributed by atoms with Gasteiger partial charge in [-0.2, -0.15) is 0 Å². The van der Waals surface area contributed by atoms with Crippen molar-refractivity contribution in [2.75, 3.05) is 18.0 Å². The molecule has 2 aromatic heterocycles. The molecule has 0 radical (unpaired) electrons. The van der Waals surface area contributed by atoms with Gasteiger partial charge in [-0.05, 0) is 48.0 Å². The Morgan fingerprint density at radius 3 is 2.60 bits per heavy atom. The van der Waals surface area contributed by atoms with Gasteiger partial charge in [-0.1, -0.05) is 6.07 Å². The first-order valence-electron chi connectivity index (χ1n) is 12.5. The van der Waals surface area contributed by atoms with Crippen LogP contribution in [-0.2, 0) is 24.1 Å². The highest BCUT2D eigenvalue weighted by molar-refractivity contribution is 6.05. The van der Waals surface area contributed by atoms with Crippen molar-refractivity contribution < 1.29 is 22.8 Å². The van der Waals surface area contributed by atoms with E-state index in [0.29, 0.717) is 34.7 Å². The molecule has 8 nitrogen and oxygen atoms in total. The summed E-state index contributed by atoms with van der Waals surface area (Å²) in [4.78, 5) is 45.6. The van der Waals surface area contributed by atoms with Crippen LogP contribution in [0, 0.1) is 17.5 Å². The van der Waals surface area contributed by atoms with Crippen molar-refractivity contribution in [2.24, 2.45) is 4.99 Å². The van der Waals surface area contributed by atoms with Crippen LogP contribution in [0.5, 0.6) is 0 Å². The van der Waals surface area contributed by atoms with Crippen molar-refractivity contribution in [3.8, 4) is 11.3 Å². The normalized spacial score (nSPS) is 14.2. The van der Waals surface area contributed by atoms with Crippen LogP contribution in [0.4, 0.5) is 29.3 Å². The van der Waals surface area contributed by atoms with Crippen molar-refractivity contribution in [2.45, 2.75) is 19.3 Å².